The van der Waals surface area contributed by atoms with Crippen molar-refractivity contribution >= 4 is 27.3 Å². The van der Waals surface area contributed by atoms with Crippen molar-refractivity contribution in [1.82, 2.24) is 15.5 Å². The molecule has 0 aliphatic heterocycles. The van der Waals surface area contributed by atoms with E-state index in [1.165, 1.54) is 29.8 Å². The van der Waals surface area contributed by atoms with Gasteiger partial charge in [0.15, 0.2) is 15.7 Å². The molecule has 0 aliphatic carbocycles. The molecule has 0 fully saturated rings. The van der Waals surface area contributed by atoms with Crippen LogP contribution in [0.2, 0.25) is 5.02 Å². The molecule has 0 bridgehead atoms. The molecule has 28 heavy (non-hydrogen) atoms. The predicted octanol–water partition coefficient (Wildman–Crippen LogP) is 3.06. The first kappa shape index (κ1) is 20.0. The summed E-state index contributed by atoms with van der Waals surface area (Å²) < 4.78 is 29.6. The molecule has 1 aromatic heterocycles. The fraction of sp³-hybridized carbons (Fsp3) is 0.211. The third-order valence-corrected chi connectivity index (χ3v) is 5.81. The van der Waals surface area contributed by atoms with Gasteiger partial charge in [0, 0.05) is 11.6 Å². The zero-order chi connectivity index (χ0) is 20.0. The zero-order valence-corrected chi connectivity index (χ0v) is 16.4. The number of hydrogen-bond donors (Lipinski definition) is 1. The van der Waals surface area contributed by atoms with Crippen LogP contribution in [0.15, 0.2) is 64.0 Å². The minimum atomic E-state index is -3.67. The molecule has 0 saturated heterocycles. The fourth-order valence-electron chi connectivity index (χ4n) is 2.51. The third-order valence-electron chi connectivity index (χ3n) is 3.92. The van der Waals surface area contributed by atoms with Crippen molar-refractivity contribution in [2.24, 2.45) is 0 Å². The lowest BCUT2D eigenvalue weighted by molar-refractivity contribution is 0.0909. The van der Waals surface area contributed by atoms with Crippen LogP contribution in [0.3, 0.4) is 0 Å². The summed E-state index contributed by atoms with van der Waals surface area (Å²) in [5, 5.41) is 6.71. The number of carbonyl (C=O) groups is 1. The molecule has 0 spiro atoms. The van der Waals surface area contributed by atoms with Crippen LogP contribution in [0.4, 0.5) is 0 Å². The molecule has 0 unspecified atom stereocenters. The number of sulfone groups is 1. The lowest BCUT2D eigenvalue weighted by Crippen LogP contribution is -2.25. The molecule has 3 rings (SSSR count). The number of carbonyl (C=O) groups excluding carboxylic acids is 1. The SMILES string of the molecule is O=C(NCCCc1ccccc1)c1nc(CS(=O)(=O)c2ccc(Cl)cc2)no1. The number of nitrogens with zero attached hydrogens (tertiary/aromatic N) is 2. The molecule has 1 heterocycles. The highest BCUT2D eigenvalue weighted by Crippen LogP contribution is 2.18. The van der Waals surface area contributed by atoms with Crippen LogP contribution in [-0.2, 0) is 22.0 Å². The second kappa shape index (κ2) is 8.99. The van der Waals surface area contributed by atoms with Gasteiger partial charge < -0.3 is 9.84 Å². The smallest absolute Gasteiger partial charge is 0.315 e. The van der Waals surface area contributed by atoms with E-state index in [9.17, 15) is 13.2 Å². The van der Waals surface area contributed by atoms with Crippen molar-refractivity contribution in [1.29, 1.82) is 0 Å². The summed E-state index contributed by atoms with van der Waals surface area (Å²) in [6.45, 7) is 0.439. The van der Waals surface area contributed by atoms with Gasteiger partial charge in [-0.25, -0.2) is 8.42 Å². The topological polar surface area (TPSA) is 102 Å². The van der Waals surface area contributed by atoms with Crippen molar-refractivity contribution in [2.45, 2.75) is 23.5 Å². The molecule has 2 aromatic carbocycles. The maximum Gasteiger partial charge on any atom is 0.315 e. The van der Waals surface area contributed by atoms with E-state index >= 15 is 0 Å². The Morgan fingerprint density at radius 1 is 1.07 bits per heavy atom. The molecular formula is C19H18ClN3O4S. The predicted molar refractivity (Wildman–Crippen MR) is 104 cm³/mol. The number of nitrogens with one attached hydrogen (secondary N) is 1. The van der Waals surface area contributed by atoms with E-state index in [2.05, 4.69) is 15.5 Å². The second-order valence-electron chi connectivity index (χ2n) is 6.07. The number of aryl methyl sites for hydroxylation is 1. The van der Waals surface area contributed by atoms with Gasteiger partial charge in [0.25, 0.3) is 0 Å². The van der Waals surface area contributed by atoms with Gasteiger partial charge in [0.1, 0.15) is 5.75 Å². The van der Waals surface area contributed by atoms with Gasteiger partial charge in [-0.3, -0.25) is 4.79 Å². The minimum Gasteiger partial charge on any atom is -0.348 e. The van der Waals surface area contributed by atoms with Crippen molar-refractivity contribution in [3.05, 3.63) is 76.9 Å². The number of benzene rings is 2. The van der Waals surface area contributed by atoms with Crippen molar-refractivity contribution in [3.8, 4) is 0 Å². The van der Waals surface area contributed by atoms with Crippen LogP contribution in [0.25, 0.3) is 0 Å². The van der Waals surface area contributed by atoms with E-state index in [1.807, 2.05) is 30.3 Å². The lowest BCUT2D eigenvalue weighted by atomic mass is 10.1. The number of amides is 1. The number of rotatable bonds is 8. The monoisotopic (exact) mass is 419 g/mol. The zero-order valence-electron chi connectivity index (χ0n) is 14.8. The average molecular weight is 420 g/mol. The minimum absolute atomic E-state index is 0.0793. The summed E-state index contributed by atoms with van der Waals surface area (Å²) in [5.41, 5.74) is 1.18. The first-order valence-electron chi connectivity index (χ1n) is 8.57. The molecule has 0 atom stereocenters. The van der Waals surface area contributed by atoms with Gasteiger partial charge >= 0.3 is 11.8 Å². The normalized spacial score (nSPS) is 11.3. The van der Waals surface area contributed by atoms with Crippen LogP contribution in [0.5, 0.6) is 0 Å². The summed E-state index contributed by atoms with van der Waals surface area (Å²) in [7, 11) is -3.67. The molecular weight excluding hydrogens is 402 g/mol. The van der Waals surface area contributed by atoms with Crippen LogP contribution in [0.1, 0.15) is 28.5 Å². The van der Waals surface area contributed by atoms with Crippen molar-refractivity contribution in [3.63, 3.8) is 0 Å². The van der Waals surface area contributed by atoms with E-state index in [-0.39, 0.29) is 16.6 Å². The number of hydrogen-bond acceptors (Lipinski definition) is 6. The van der Waals surface area contributed by atoms with E-state index in [0.717, 1.165) is 12.8 Å². The van der Waals surface area contributed by atoms with Gasteiger partial charge in [-0.2, -0.15) is 4.98 Å². The Bertz CT molecular complexity index is 1030. The summed E-state index contributed by atoms with van der Waals surface area (Å²) in [6, 6.07) is 15.7. The van der Waals surface area contributed by atoms with Gasteiger partial charge in [0.05, 0.1) is 4.90 Å². The Hall–Kier alpha value is -2.71. The van der Waals surface area contributed by atoms with Crippen LogP contribution >= 0.6 is 11.6 Å². The highest BCUT2D eigenvalue weighted by atomic mass is 35.5. The second-order valence-corrected chi connectivity index (χ2v) is 8.50. The molecule has 0 aliphatic rings. The van der Waals surface area contributed by atoms with Gasteiger partial charge in [0.2, 0.25) is 0 Å². The quantitative estimate of drug-likeness (QED) is 0.563. The molecule has 146 valence electrons. The molecule has 7 nitrogen and oxygen atoms in total. The Labute approximate surface area is 167 Å². The van der Waals surface area contributed by atoms with E-state index in [0.29, 0.717) is 11.6 Å². The molecule has 1 N–H and O–H groups in total. The molecule has 9 heteroatoms. The van der Waals surface area contributed by atoms with E-state index in [4.69, 9.17) is 16.1 Å². The Morgan fingerprint density at radius 2 is 1.79 bits per heavy atom. The summed E-state index contributed by atoms with van der Waals surface area (Å²) in [5.74, 6) is -1.35. The highest BCUT2D eigenvalue weighted by Gasteiger charge is 2.21. The van der Waals surface area contributed by atoms with Crippen molar-refractivity contribution < 1.29 is 17.7 Å². The number of aromatic nitrogens is 2. The molecule has 0 saturated carbocycles. The first-order chi connectivity index (χ1) is 13.4. The molecule has 1 amide bonds. The summed E-state index contributed by atoms with van der Waals surface area (Å²) in [4.78, 5) is 16.0. The first-order valence-corrected chi connectivity index (χ1v) is 10.6. The maximum atomic E-state index is 12.4. The largest absolute Gasteiger partial charge is 0.348 e. The lowest BCUT2D eigenvalue weighted by Gasteiger charge is -2.02. The van der Waals surface area contributed by atoms with Crippen LogP contribution < -0.4 is 5.32 Å². The van der Waals surface area contributed by atoms with Gasteiger partial charge in [-0.1, -0.05) is 47.1 Å². The van der Waals surface area contributed by atoms with Gasteiger partial charge in [-0.05, 0) is 42.7 Å². The number of halogens is 1. The molecule has 0 radical (unpaired) electrons. The fourth-order valence-corrected chi connectivity index (χ4v) is 3.82. The Morgan fingerprint density at radius 3 is 2.50 bits per heavy atom. The Balaban J connectivity index is 1.53. The highest BCUT2D eigenvalue weighted by molar-refractivity contribution is 7.90. The molecule has 3 aromatic rings. The maximum absolute atomic E-state index is 12.4. The van der Waals surface area contributed by atoms with Crippen LogP contribution in [-0.4, -0.2) is 31.0 Å². The van der Waals surface area contributed by atoms with Gasteiger partial charge in [-0.15, -0.1) is 0 Å². The summed E-state index contributed by atoms with van der Waals surface area (Å²) in [6.07, 6.45) is 1.58. The standard InChI is InChI=1S/C19H18ClN3O4S/c20-15-8-10-16(11-9-15)28(25,26)13-17-22-19(27-23-17)18(24)21-12-4-7-14-5-2-1-3-6-14/h1-3,5-6,8-11H,4,7,12-13H2,(H,21,24). The third kappa shape index (κ3) is 5.40. The summed E-state index contributed by atoms with van der Waals surface area (Å²) >= 11 is 5.77. The van der Waals surface area contributed by atoms with Crippen LogP contribution in [0, 0.1) is 0 Å². The average Bonchev–Trinajstić information content (AvgIpc) is 3.14. The Kier molecular flexibility index (Phi) is 6.43. The van der Waals surface area contributed by atoms with Crippen molar-refractivity contribution in [2.75, 3.05) is 6.54 Å². The van der Waals surface area contributed by atoms with E-state index in [1.54, 1.807) is 0 Å². The van der Waals surface area contributed by atoms with E-state index < -0.39 is 21.5 Å².